The molecule has 7 nitrogen and oxygen atoms in total. The highest BCUT2D eigenvalue weighted by Gasteiger charge is 2.30. The zero-order chi connectivity index (χ0) is 34.0. The quantitative estimate of drug-likeness (QED) is 0.168. The van der Waals surface area contributed by atoms with E-state index in [0.717, 1.165) is 36.1 Å². The Labute approximate surface area is 273 Å². The number of esters is 1. The molecule has 0 aromatic heterocycles. The monoisotopic (exact) mass is 632 g/mol. The smallest absolute Gasteiger partial charge is 0.316 e. The van der Waals surface area contributed by atoms with Crippen LogP contribution in [0.15, 0.2) is 54.6 Å². The van der Waals surface area contributed by atoms with Crippen molar-refractivity contribution in [2.45, 2.75) is 85.2 Å². The van der Waals surface area contributed by atoms with E-state index in [1.807, 2.05) is 104 Å². The van der Waals surface area contributed by atoms with Crippen molar-refractivity contribution in [3.63, 3.8) is 0 Å². The van der Waals surface area contributed by atoms with E-state index in [0.29, 0.717) is 18.1 Å². The van der Waals surface area contributed by atoms with Gasteiger partial charge in [0.05, 0.1) is 18.2 Å². The van der Waals surface area contributed by atoms with E-state index >= 15 is 4.39 Å². The second-order valence-electron chi connectivity index (χ2n) is 14.3. The van der Waals surface area contributed by atoms with Gasteiger partial charge in [0.2, 0.25) is 0 Å². The number of rotatable bonds is 10. The molecule has 0 unspecified atom stereocenters. The minimum atomic E-state index is -0.587. The van der Waals surface area contributed by atoms with Crippen LogP contribution in [0.1, 0.15) is 87.9 Å². The lowest BCUT2D eigenvalue weighted by Gasteiger charge is -2.33. The number of ether oxygens (including phenoxy) is 3. The molecule has 0 spiro atoms. The van der Waals surface area contributed by atoms with Crippen LogP contribution in [0.5, 0.6) is 17.2 Å². The predicted molar refractivity (Wildman–Crippen MR) is 181 cm³/mol. The maximum absolute atomic E-state index is 15.3. The Morgan fingerprint density at radius 1 is 0.935 bits per heavy atom. The Balaban J connectivity index is 1.62. The van der Waals surface area contributed by atoms with Crippen molar-refractivity contribution in [1.29, 1.82) is 0 Å². The molecule has 46 heavy (non-hydrogen) atoms. The predicted octanol–water partition coefficient (Wildman–Crippen LogP) is 7.83. The van der Waals surface area contributed by atoms with Crippen molar-refractivity contribution in [3.8, 4) is 17.2 Å². The molecule has 0 aliphatic heterocycles. The van der Waals surface area contributed by atoms with Crippen LogP contribution in [0, 0.1) is 11.2 Å². The number of carbonyl (C=O) groups is 2. The van der Waals surface area contributed by atoms with Crippen molar-refractivity contribution in [3.05, 3.63) is 82.7 Å². The first-order valence-electron chi connectivity index (χ1n) is 16.0. The Morgan fingerprint density at radius 3 is 2.24 bits per heavy atom. The molecule has 1 amide bonds. The van der Waals surface area contributed by atoms with E-state index in [1.165, 1.54) is 17.7 Å². The van der Waals surface area contributed by atoms with E-state index in [2.05, 4.69) is 0 Å². The summed E-state index contributed by atoms with van der Waals surface area (Å²) in [6.07, 6.45) is 2.43. The third-order valence-corrected chi connectivity index (χ3v) is 8.87. The van der Waals surface area contributed by atoms with Gasteiger partial charge in [0.1, 0.15) is 18.1 Å². The lowest BCUT2D eigenvalue weighted by molar-refractivity contribution is -0.143. The summed E-state index contributed by atoms with van der Waals surface area (Å²) in [4.78, 5) is 30.3. The lowest BCUT2D eigenvalue weighted by atomic mass is 9.79. The Morgan fingerprint density at radius 2 is 1.63 bits per heavy atom. The Kier molecular flexibility index (Phi) is 10.5. The van der Waals surface area contributed by atoms with Crippen LogP contribution in [0.2, 0.25) is 0 Å². The maximum atomic E-state index is 15.3. The van der Waals surface area contributed by atoms with Gasteiger partial charge >= 0.3 is 5.97 Å². The first kappa shape index (κ1) is 35.0. The van der Waals surface area contributed by atoms with Gasteiger partial charge in [-0.05, 0) is 141 Å². The number of nitrogens with zero attached hydrogens (tertiary/aromatic N) is 2. The molecule has 0 saturated heterocycles. The van der Waals surface area contributed by atoms with Crippen LogP contribution in [0.25, 0.3) is 0 Å². The van der Waals surface area contributed by atoms with Crippen molar-refractivity contribution < 1.29 is 28.2 Å². The highest BCUT2D eigenvalue weighted by Crippen LogP contribution is 2.41. The number of hydrogen-bond donors (Lipinski definition) is 0. The van der Waals surface area contributed by atoms with Gasteiger partial charge in [0, 0.05) is 23.2 Å². The number of aryl methyl sites for hydroxylation is 1. The van der Waals surface area contributed by atoms with Crippen LogP contribution >= 0.6 is 0 Å². The van der Waals surface area contributed by atoms with Crippen LogP contribution in [0.4, 0.5) is 10.1 Å². The molecule has 0 saturated carbocycles. The number of hydrogen-bond acceptors (Lipinski definition) is 6. The number of benzene rings is 3. The van der Waals surface area contributed by atoms with Gasteiger partial charge in [0.15, 0.2) is 11.6 Å². The van der Waals surface area contributed by atoms with E-state index in [9.17, 15) is 9.59 Å². The van der Waals surface area contributed by atoms with Gasteiger partial charge in [-0.15, -0.1) is 0 Å². The molecule has 1 aliphatic carbocycles. The summed E-state index contributed by atoms with van der Waals surface area (Å²) in [5.74, 6) is 0.301. The second-order valence-corrected chi connectivity index (χ2v) is 14.3. The standard InChI is InChI=1S/C38H49FN2O5/c1-24(2)41(35(42)28-14-18-34(32(39)21-28)45-23-38(6,7)40(8)9)33-22-29(44-10)16-17-31(33)27-12-11-26-20-30(15-13-25(26)19-27)46-36(43)37(3,4)5/h13-18,20-22,24,27H,11-12,19,23H2,1-10H3/t27-/m1/s1. The fourth-order valence-electron chi connectivity index (χ4n) is 5.42. The molecule has 3 aromatic carbocycles. The number of fused-ring (bicyclic) bond motifs is 1. The number of anilines is 1. The minimum Gasteiger partial charge on any atom is -0.497 e. The highest BCUT2D eigenvalue weighted by molar-refractivity contribution is 6.07. The van der Waals surface area contributed by atoms with Gasteiger partial charge in [0.25, 0.3) is 5.91 Å². The van der Waals surface area contributed by atoms with Crippen LogP contribution < -0.4 is 19.1 Å². The fraction of sp³-hybridized carbons (Fsp3) is 0.474. The van der Waals surface area contributed by atoms with Crippen molar-refractivity contribution in [2.75, 3.05) is 32.7 Å². The zero-order valence-corrected chi connectivity index (χ0v) is 29.0. The molecular formula is C38H49FN2O5. The summed E-state index contributed by atoms with van der Waals surface area (Å²) in [6, 6.07) is 15.9. The molecule has 0 N–H and O–H groups in total. The molecule has 0 bridgehead atoms. The molecule has 0 fully saturated rings. The molecule has 3 aromatic rings. The summed E-state index contributed by atoms with van der Waals surface area (Å²) < 4.78 is 32.3. The number of amides is 1. The number of methoxy groups -OCH3 is 1. The number of halogens is 1. The van der Waals surface area contributed by atoms with Crippen molar-refractivity contribution >= 4 is 17.6 Å². The minimum absolute atomic E-state index is 0.113. The second kappa shape index (κ2) is 13.8. The van der Waals surface area contributed by atoms with Gasteiger partial charge < -0.3 is 24.0 Å². The summed E-state index contributed by atoms with van der Waals surface area (Å²) >= 11 is 0. The lowest BCUT2D eigenvalue weighted by Crippen LogP contribution is -2.43. The topological polar surface area (TPSA) is 68.3 Å². The summed E-state index contributed by atoms with van der Waals surface area (Å²) in [5, 5.41) is 0. The first-order valence-corrected chi connectivity index (χ1v) is 16.0. The molecule has 248 valence electrons. The van der Waals surface area contributed by atoms with Gasteiger partial charge in [-0.3, -0.25) is 9.59 Å². The van der Waals surface area contributed by atoms with E-state index in [-0.39, 0.29) is 40.7 Å². The van der Waals surface area contributed by atoms with Crippen LogP contribution in [-0.4, -0.2) is 56.2 Å². The zero-order valence-electron chi connectivity index (χ0n) is 29.0. The first-order chi connectivity index (χ1) is 21.5. The van der Waals surface area contributed by atoms with Crippen LogP contribution in [0.3, 0.4) is 0 Å². The molecule has 4 rings (SSSR count). The SMILES string of the molecule is COc1ccc([C@@H]2CCc3cc(OC(=O)C(C)(C)C)ccc3C2)c(N(C(=O)c2ccc(OCC(C)(C)N(C)C)c(F)c2)C(C)C)c1. The molecule has 1 aliphatic rings. The third-order valence-electron chi connectivity index (χ3n) is 8.87. The van der Waals surface area contributed by atoms with Crippen molar-refractivity contribution in [1.82, 2.24) is 4.90 Å². The average molecular weight is 633 g/mol. The van der Waals surface area contributed by atoms with Gasteiger partial charge in [-0.25, -0.2) is 4.39 Å². The molecular weight excluding hydrogens is 583 g/mol. The van der Waals surface area contributed by atoms with E-state index < -0.39 is 11.2 Å². The molecule has 0 radical (unpaired) electrons. The number of carbonyl (C=O) groups excluding carboxylic acids is 2. The molecule has 1 atom stereocenters. The molecule has 8 heteroatoms. The normalized spacial score (nSPS) is 15.0. The summed E-state index contributed by atoms with van der Waals surface area (Å²) in [7, 11) is 5.50. The third kappa shape index (κ3) is 7.89. The summed E-state index contributed by atoms with van der Waals surface area (Å²) in [5.41, 5.74) is 3.49. The van der Waals surface area contributed by atoms with Crippen LogP contribution in [-0.2, 0) is 17.6 Å². The highest BCUT2D eigenvalue weighted by atomic mass is 19.1. The van der Waals surface area contributed by atoms with E-state index in [4.69, 9.17) is 14.2 Å². The maximum Gasteiger partial charge on any atom is 0.316 e. The number of likely N-dealkylation sites (N-methyl/N-ethyl adjacent to an activating group) is 1. The Bertz CT molecular complexity index is 1570. The fourth-order valence-corrected chi connectivity index (χ4v) is 5.42. The summed E-state index contributed by atoms with van der Waals surface area (Å²) in [6.45, 7) is 13.7. The average Bonchev–Trinajstić information content (AvgIpc) is 2.99. The van der Waals surface area contributed by atoms with Gasteiger partial charge in [-0.1, -0.05) is 12.1 Å². The Hall–Kier alpha value is -3.91. The van der Waals surface area contributed by atoms with Gasteiger partial charge in [-0.2, -0.15) is 0 Å². The van der Waals surface area contributed by atoms with E-state index in [1.54, 1.807) is 18.1 Å². The molecule has 0 heterocycles. The largest absolute Gasteiger partial charge is 0.497 e. The van der Waals surface area contributed by atoms with Crippen molar-refractivity contribution in [2.24, 2.45) is 5.41 Å².